The Balaban J connectivity index is 1.40. The van der Waals surface area contributed by atoms with Gasteiger partial charge in [0.05, 0.1) is 24.1 Å². The summed E-state index contributed by atoms with van der Waals surface area (Å²) in [6, 6.07) is 5.72. The van der Waals surface area contributed by atoms with Gasteiger partial charge in [-0.05, 0) is 31.9 Å². The number of carbonyl (C=O) groups excluding carboxylic acids is 2. The number of aryl methyl sites for hydroxylation is 1. The maximum atomic E-state index is 13.0. The van der Waals surface area contributed by atoms with Gasteiger partial charge in [0.1, 0.15) is 11.4 Å². The molecule has 0 aliphatic carbocycles. The summed E-state index contributed by atoms with van der Waals surface area (Å²) in [5.41, 5.74) is 1.63. The molecule has 0 saturated carbocycles. The molecule has 2 amide bonds. The molecule has 8 nitrogen and oxygen atoms in total. The number of hydrogen-bond acceptors (Lipinski definition) is 6. The molecular formula is C18H21N5O3. The minimum atomic E-state index is -0.443. The van der Waals surface area contributed by atoms with Crippen LogP contribution in [0.15, 0.2) is 29.0 Å². The second-order valence-corrected chi connectivity index (χ2v) is 7.12. The van der Waals surface area contributed by atoms with Gasteiger partial charge in [0.15, 0.2) is 0 Å². The molecule has 8 heteroatoms. The third kappa shape index (κ3) is 2.95. The van der Waals surface area contributed by atoms with Crippen LogP contribution in [0.4, 0.5) is 0 Å². The maximum Gasteiger partial charge on any atom is 0.231 e. The number of hydrogen-bond donors (Lipinski definition) is 0. The van der Waals surface area contributed by atoms with Crippen molar-refractivity contribution in [1.29, 1.82) is 0 Å². The highest BCUT2D eigenvalue weighted by molar-refractivity contribution is 5.87. The van der Waals surface area contributed by atoms with Crippen molar-refractivity contribution in [2.24, 2.45) is 5.41 Å². The Labute approximate surface area is 151 Å². The van der Waals surface area contributed by atoms with E-state index in [1.807, 2.05) is 23.1 Å². The molecule has 4 heterocycles. The lowest BCUT2D eigenvalue weighted by molar-refractivity contribution is -0.136. The van der Waals surface area contributed by atoms with Crippen LogP contribution in [0.1, 0.15) is 29.9 Å². The van der Waals surface area contributed by atoms with Gasteiger partial charge in [-0.25, -0.2) is 4.63 Å². The van der Waals surface area contributed by atoms with Gasteiger partial charge < -0.3 is 9.80 Å². The van der Waals surface area contributed by atoms with Crippen LogP contribution in [0.3, 0.4) is 0 Å². The fraction of sp³-hybridized carbons (Fsp3) is 0.500. The molecule has 26 heavy (non-hydrogen) atoms. The number of pyridine rings is 1. The Morgan fingerprint density at radius 3 is 2.85 bits per heavy atom. The smallest absolute Gasteiger partial charge is 0.231 e. The van der Waals surface area contributed by atoms with Gasteiger partial charge in [0.25, 0.3) is 0 Å². The Hall–Kier alpha value is -2.77. The molecule has 0 bridgehead atoms. The largest absolute Gasteiger partial charge is 0.341 e. The third-order valence-electron chi connectivity index (χ3n) is 5.45. The Morgan fingerprint density at radius 1 is 1.27 bits per heavy atom. The molecule has 1 spiro atoms. The Kier molecular flexibility index (Phi) is 4.18. The van der Waals surface area contributed by atoms with E-state index >= 15 is 0 Å². The van der Waals surface area contributed by atoms with Crippen molar-refractivity contribution in [1.82, 2.24) is 25.1 Å². The van der Waals surface area contributed by atoms with Crippen LogP contribution in [-0.4, -0.2) is 56.5 Å². The van der Waals surface area contributed by atoms with E-state index in [0.29, 0.717) is 44.0 Å². The van der Waals surface area contributed by atoms with Gasteiger partial charge >= 0.3 is 0 Å². The second-order valence-electron chi connectivity index (χ2n) is 7.12. The maximum absolute atomic E-state index is 13.0. The van der Waals surface area contributed by atoms with Crippen molar-refractivity contribution >= 4 is 11.8 Å². The lowest BCUT2D eigenvalue weighted by atomic mass is 9.85. The zero-order chi connectivity index (χ0) is 18.1. The molecule has 0 N–H and O–H groups in total. The second kappa shape index (κ2) is 6.51. The van der Waals surface area contributed by atoms with E-state index in [9.17, 15) is 9.59 Å². The van der Waals surface area contributed by atoms with Crippen LogP contribution >= 0.6 is 0 Å². The molecular weight excluding hydrogens is 334 g/mol. The first-order valence-electron chi connectivity index (χ1n) is 8.82. The first-order valence-corrected chi connectivity index (χ1v) is 8.82. The number of rotatable bonds is 4. The van der Waals surface area contributed by atoms with Crippen molar-refractivity contribution in [3.8, 4) is 0 Å². The summed E-state index contributed by atoms with van der Waals surface area (Å²) in [7, 11) is 0. The lowest BCUT2D eigenvalue weighted by Gasteiger charge is -2.23. The van der Waals surface area contributed by atoms with Crippen LogP contribution in [0.5, 0.6) is 0 Å². The summed E-state index contributed by atoms with van der Waals surface area (Å²) in [5.74, 6) is 0.106. The summed E-state index contributed by atoms with van der Waals surface area (Å²) in [4.78, 5) is 33.5. The van der Waals surface area contributed by atoms with Gasteiger partial charge in [-0.3, -0.25) is 14.6 Å². The number of carbonyl (C=O) groups is 2. The summed E-state index contributed by atoms with van der Waals surface area (Å²) in [5, 5.41) is 7.48. The average molecular weight is 355 g/mol. The van der Waals surface area contributed by atoms with E-state index in [1.54, 1.807) is 18.0 Å². The molecule has 2 saturated heterocycles. The molecule has 136 valence electrons. The molecule has 2 aromatic rings. The van der Waals surface area contributed by atoms with Crippen molar-refractivity contribution in [2.75, 3.05) is 19.6 Å². The third-order valence-corrected chi connectivity index (χ3v) is 5.45. The molecule has 2 aliphatic rings. The summed E-state index contributed by atoms with van der Waals surface area (Å²) in [6.07, 6.45) is 3.40. The van der Waals surface area contributed by atoms with Gasteiger partial charge in [0, 0.05) is 25.8 Å². The molecule has 2 aromatic heterocycles. The predicted molar refractivity (Wildman–Crippen MR) is 90.6 cm³/mol. The summed E-state index contributed by atoms with van der Waals surface area (Å²) in [6.45, 7) is 4.09. The number of likely N-dealkylation sites (tertiary alicyclic amines) is 2. The number of nitrogens with zero attached hydrogens (tertiary/aromatic N) is 5. The molecule has 0 radical (unpaired) electrons. The quantitative estimate of drug-likeness (QED) is 0.811. The van der Waals surface area contributed by atoms with Crippen LogP contribution in [0.25, 0.3) is 0 Å². The number of amides is 2. The van der Waals surface area contributed by atoms with Crippen LogP contribution in [0.2, 0.25) is 0 Å². The van der Waals surface area contributed by atoms with E-state index < -0.39 is 5.41 Å². The first kappa shape index (κ1) is 16.7. The monoisotopic (exact) mass is 355 g/mol. The minimum absolute atomic E-state index is 0.0309. The minimum Gasteiger partial charge on any atom is -0.341 e. The van der Waals surface area contributed by atoms with Gasteiger partial charge in [-0.2, -0.15) is 0 Å². The SMILES string of the molecule is Cc1nonc1CC(=O)N1CCC2(CCN(Cc3ccccn3)C2=O)C1. The van der Waals surface area contributed by atoms with E-state index in [2.05, 4.69) is 19.9 Å². The zero-order valence-corrected chi connectivity index (χ0v) is 14.7. The summed E-state index contributed by atoms with van der Waals surface area (Å²) >= 11 is 0. The molecule has 1 atom stereocenters. The molecule has 2 fully saturated rings. The highest BCUT2D eigenvalue weighted by Crippen LogP contribution is 2.41. The van der Waals surface area contributed by atoms with Crippen molar-refractivity contribution < 1.29 is 14.2 Å². The first-order chi connectivity index (χ1) is 12.6. The van der Waals surface area contributed by atoms with Crippen LogP contribution < -0.4 is 0 Å². The lowest BCUT2D eigenvalue weighted by Crippen LogP contribution is -2.38. The fourth-order valence-electron chi connectivity index (χ4n) is 3.86. The van der Waals surface area contributed by atoms with Crippen molar-refractivity contribution in [2.45, 2.75) is 32.7 Å². The standard InChI is InChI=1S/C18H21N5O3/c1-13-15(21-26-20-13)10-16(24)23-9-6-18(12-23)5-8-22(17(18)25)11-14-4-2-3-7-19-14/h2-4,7H,5-6,8-12H2,1H3. The average Bonchev–Trinajstić information content (AvgIpc) is 3.33. The van der Waals surface area contributed by atoms with Crippen molar-refractivity contribution in [3.63, 3.8) is 0 Å². The molecule has 2 aliphatic heterocycles. The molecule has 4 rings (SSSR count). The Morgan fingerprint density at radius 2 is 2.12 bits per heavy atom. The van der Waals surface area contributed by atoms with Crippen LogP contribution in [-0.2, 0) is 22.6 Å². The zero-order valence-electron chi connectivity index (χ0n) is 14.7. The fourth-order valence-corrected chi connectivity index (χ4v) is 3.86. The molecule has 0 aromatic carbocycles. The van der Waals surface area contributed by atoms with Gasteiger partial charge in [0.2, 0.25) is 11.8 Å². The van der Waals surface area contributed by atoms with E-state index in [0.717, 1.165) is 12.1 Å². The highest BCUT2D eigenvalue weighted by Gasteiger charge is 2.51. The van der Waals surface area contributed by atoms with Gasteiger partial charge in [-0.15, -0.1) is 0 Å². The highest BCUT2D eigenvalue weighted by atomic mass is 16.6. The van der Waals surface area contributed by atoms with E-state index in [-0.39, 0.29) is 18.2 Å². The van der Waals surface area contributed by atoms with Gasteiger partial charge in [-0.1, -0.05) is 16.4 Å². The van der Waals surface area contributed by atoms with Crippen LogP contribution in [0, 0.1) is 12.3 Å². The Bertz CT molecular complexity index is 821. The summed E-state index contributed by atoms with van der Waals surface area (Å²) < 4.78 is 4.65. The van der Waals surface area contributed by atoms with E-state index in [4.69, 9.17) is 0 Å². The van der Waals surface area contributed by atoms with Crippen molar-refractivity contribution in [3.05, 3.63) is 41.5 Å². The normalized spacial score (nSPS) is 22.6. The van der Waals surface area contributed by atoms with E-state index in [1.165, 1.54) is 0 Å². The topological polar surface area (TPSA) is 92.4 Å². The molecule has 1 unspecified atom stereocenters. The predicted octanol–water partition coefficient (Wildman–Crippen LogP) is 0.967. The number of aromatic nitrogens is 3.